The van der Waals surface area contributed by atoms with Gasteiger partial charge in [0, 0.05) is 36.5 Å². The quantitative estimate of drug-likeness (QED) is 0.877. The lowest BCUT2D eigenvalue weighted by molar-refractivity contribution is -0.120. The number of fused-ring (bicyclic) bond motifs is 1. The van der Waals surface area contributed by atoms with E-state index in [9.17, 15) is 18.0 Å². The Morgan fingerprint density at radius 3 is 2.71 bits per heavy atom. The number of amides is 2. The summed E-state index contributed by atoms with van der Waals surface area (Å²) in [4.78, 5) is 26.2. The van der Waals surface area contributed by atoms with Gasteiger partial charge in [-0.1, -0.05) is 6.07 Å². The molecule has 1 N–H and O–H groups in total. The Morgan fingerprint density at radius 1 is 1.29 bits per heavy atom. The average molecular weight is 350 g/mol. The topological polar surface area (TPSA) is 83.6 Å². The highest BCUT2D eigenvalue weighted by atomic mass is 32.2. The average Bonchev–Trinajstić information content (AvgIpc) is 3.36. The fourth-order valence-corrected chi connectivity index (χ4v) is 3.49. The number of aryl methyl sites for hydroxylation is 1. The van der Waals surface area contributed by atoms with Crippen molar-refractivity contribution in [3.05, 3.63) is 23.8 Å². The number of carbonyl (C=O) groups excluding carboxylic acids is 2. The van der Waals surface area contributed by atoms with Gasteiger partial charge in [-0.15, -0.1) is 0 Å². The van der Waals surface area contributed by atoms with Crippen LogP contribution in [0.1, 0.15) is 31.2 Å². The second kappa shape index (κ2) is 6.55. The number of nitrogens with one attached hydrogen (secondary N) is 1. The molecular formula is C17H22N2O4S. The lowest BCUT2D eigenvalue weighted by atomic mass is 10.0. The zero-order chi connectivity index (χ0) is 17.3. The molecule has 1 aromatic rings. The highest BCUT2D eigenvalue weighted by Crippen LogP contribution is 2.36. The fraction of sp³-hybridized carbons (Fsp3) is 0.529. The molecule has 0 spiro atoms. The third kappa shape index (κ3) is 4.14. The Hall–Kier alpha value is -1.89. The van der Waals surface area contributed by atoms with E-state index in [1.807, 2.05) is 23.1 Å². The maximum absolute atomic E-state index is 12.4. The Bertz CT molecular complexity index is 769. The number of carbonyl (C=O) groups is 2. The zero-order valence-electron chi connectivity index (χ0n) is 13.7. The highest BCUT2D eigenvalue weighted by Gasteiger charge is 2.35. The van der Waals surface area contributed by atoms with Gasteiger partial charge in [0.1, 0.15) is 9.84 Å². The van der Waals surface area contributed by atoms with E-state index < -0.39 is 9.84 Å². The molecule has 1 heterocycles. The minimum atomic E-state index is -3.16. The van der Waals surface area contributed by atoms with Gasteiger partial charge in [0.05, 0.1) is 5.75 Å². The predicted molar refractivity (Wildman–Crippen MR) is 92.8 cm³/mol. The SMILES string of the molecule is CS(=O)(=O)CCC(=O)Nc1ccc2c(c1)N(C(=O)C1CC1)CCC2. The van der Waals surface area contributed by atoms with E-state index in [0.717, 1.165) is 43.2 Å². The van der Waals surface area contributed by atoms with Crippen molar-refractivity contribution >= 4 is 33.0 Å². The van der Waals surface area contributed by atoms with Crippen LogP contribution in [0.15, 0.2) is 18.2 Å². The van der Waals surface area contributed by atoms with Crippen molar-refractivity contribution in [3.63, 3.8) is 0 Å². The van der Waals surface area contributed by atoms with Gasteiger partial charge in [-0.05, 0) is 43.4 Å². The first-order valence-corrected chi connectivity index (χ1v) is 10.3. The van der Waals surface area contributed by atoms with Crippen molar-refractivity contribution in [2.75, 3.05) is 28.8 Å². The minimum absolute atomic E-state index is 0.0688. The van der Waals surface area contributed by atoms with Crippen LogP contribution >= 0.6 is 0 Å². The monoisotopic (exact) mass is 350 g/mol. The van der Waals surface area contributed by atoms with Gasteiger partial charge in [0.15, 0.2) is 0 Å². The summed E-state index contributed by atoms with van der Waals surface area (Å²) in [6, 6.07) is 5.57. The van der Waals surface area contributed by atoms with Gasteiger partial charge in [-0.2, -0.15) is 0 Å². The molecule has 1 fully saturated rings. The lowest BCUT2D eigenvalue weighted by Crippen LogP contribution is -2.36. The van der Waals surface area contributed by atoms with E-state index in [1.165, 1.54) is 0 Å². The summed E-state index contributed by atoms with van der Waals surface area (Å²) >= 11 is 0. The Balaban J connectivity index is 1.73. The largest absolute Gasteiger partial charge is 0.326 e. The second-order valence-electron chi connectivity index (χ2n) is 6.64. The number of rotatable bonds is 5. The maximum atomic E-state index is 12.4. The predicted octanol–water partition coefficient (Wildman–Crippen LogP) is 1.75. The Kier molecular flexibility index (Phi) is 4.62. The molecule has 3 rings (SSSR count). The van der Waals surface area contributed by atoms with E-state index >= 15 is 0 Å². The summed E-state index contributed by atoms with van der Waals surface area (Å²) in [5.41, 5.74) is 2.59. The molecule has 0 saturated heterocycles. The molecule has 0 unspecified atom stereocenters. The maximum Gasteiger partial charge on any atom is 0.230 e. The van der Waals surface area contributed by atoms with E-state index in [0.29, 0.717) is 12.2 Å². The third-order valence-corrected chi connectivity index (χ3v) is 5.33. The van der Waals surface area contributed by atoms with Crippen molar-refractivity contribution in [1.29, 1.82) is 0 Å². The summed E-state index contributed by atoms with van der Waals surface area (Å²) in [5.74, 6) is -0.174. The van der Waals surface area contributed by atoms with Crippen LogP contribution in [0.2, 0.25) is 0 Å². The van der Waals surface area contributed by atoms with Crippen LogP contribution in [0.25, 0.3) is 0 Å². The molecule has 0 atom stereocenters. The molecule has 1 aliphatic heterocycles. The Labute approximate surface area is 142 Å². The zero-order valence-corrected chi connectivity index (χ0v) is 14.6. The minimum Gasteiger partial charge on any atom is -0.326 e. The first kappa shape index (κ1) is 17.0. The van der Waals surface area contributed by atoms with Gasteiger partial charge < -0.3 is 10.2 Å². The molecule has 2 amide bonds. The molecule has 6 nitrogen and oxygen atoms in total. The molecule has 130 valence electrons. The van der Waals surface area contributed by atoms with Crippen molar-refractivity contribution in [2.24, 2.45) is 5.92 Å². The summed E-state index contributed by atoms with van der Waals surface area (Å²) in [6.45, 7) is 0.716. The number of hydrogen-bond donors (Lipinski definition) is 1. The van der Waals surface area contributed by atoms with Crippen LogP contribution in [0.4, 0.5) is 11.4 Å². The lowest BCUT2D eigenvalue weighted by Gasteiger charge is -2.30. The highest BCUT2D eigenvalue weighted by molar-refractivity contribution is 7.90. The van der Waals surface area contributed by atoms with E-state index in [4.69, 9.17) is 0 Å². The molecular weight excluding hydrogens is 328 g/mol. The van der Waals surface area contributed by atoms with Crippen molar-refractivity contribution in [1.82, 2.24) is 0 Å². The van der Waals surface area contributed by atoms with E-state index in [-0.39, 0.29) is 29.9 Å². The smallest absolute Gasteiger partial charge is 0.230 e. The Morgan fingerprint density at radius 2 is 2.04 bits per heavy atom. The second-order valence-corrected chi connectivity index (χ2v) is 8.90. The van der Waals surface area contributed by atoms with Crippen LogP contribution in [-0.4, -0.2) is 38.8 Å². The van der Waals surface area contributed by atoms with E-state index in [2.05, 4.69) is 5.32 Å². The summed E-state index contributed by atoms with van der Waals surface area (Å²) in [6.07, 6.45) is 4.85. The van der Waals surface area contributed by atoms with Gasteiger partial charge in [0.2, 0.25) is 11.8 Å². The summed E-state index contributed by atoms with van der Waals surface area (Å²) in [7, 11) is -3.16. The number of nitrogens with zero attached hydrogens (tertiary/aromatic N) is 1. The van der Waals surface area contributed by atoms with Crippen molar-refractivity contribution in [3.8, 4) is 0 Å². The van der Waals surface area contributed by atoms with Crippen LogP contribution in [0.5, 0.6) is 0 Å². The van der Waals surface area contributed by atoms with Gasteiger partial charge in [-0.3, -0.25) is 9.59 Å². The molecule has 1 saturated carbocycles. The molecule has 1 aromatic carbocycles. The molecule has 7 heteroatoms. The van der Waals surface area contributed by atoms with Gasteiger partial charge in [0.25, 0.3) is 0 Å². The molecule has 0 radical (unpaired) electrons. The fourth-order valence-electron chi connectivity index (χ4n) is 2.93. The van der Waals surface area contributed by atoms with Crippen LogP contribution in [0, 0.1) is 5.92 Å². The first-order chi connectivity index (χ1) is 11.3. The number of hydrogen-bond acceptors (Lipinski definition) is 4. The van der Waals surface area contributed by atoms with Crippen molar-refractivity contribution in [2.45, 2.75) is 32.1 Å². The molecule has 2 aliphatic rings. The van der Waals surface area contributed by atoms with Crippen molar-refractivity contribution < 1.29 is 18.0 Å². The summed E-state index contributed by atoms with van der Waals surface area (Å²) < 4.78 is 22.3. The standard InChI is InChI=1S/C17H22N2O4S/c1-24(22,23)10-8-16(20)18-14-7-6-12-3-2-9-19(15(12)11-14)17(21)13-4-5-13/h6-7,11,13H,2-5,8-10H2,1H3,(H,18,20). The van der Waals surface area contributed by atoms with Crippen LogP contribution < -0.4 is 10.2 Å². The van der Waals surface area contributed by atoms with Crippen LogP contribution in [-0.2, 0) is 25.8 Å². The normalized spacial score (nSPS) is 17.3. The molecule has 0 aromatic heterocycles. The third-order valence-electron chi connectivity index (χ3n) is 4.38. The van der Waals surface area contributed by atoms with E-state index in [1.54, 1.807) is 0 Å². The van der Waals surface area contributed by atoms with Gasteiger partial charge >= 0.3 is 0 Å². The first-order valence-electron chi connectivity index (χ1n) is 8.25. The number of anilines is 2. The number of sulfone groups is 1. The summed E-state index contributed by atoms with van der Waals surface area (Å²) in [5, 5.41) is 2.73. The molecule has 1 aliphatic carbocycles. The van der Waals surface area contributed by atoms with Gasteiger partial charge in [-0.25, -0.2) is 8.42 Å². The molecule has 0 bridgehead atoms. The van der Waals surface area contributed by atoms with Crippen LogP contribution in [0.3, 0.4) is 0 Å². The number of benzene rings is 1. The molecule has 24 heavy (non-hydrogen) atoms.